The normalized spacial score (nSPS) is 21.4. The third kappa shape index (κ3) is 4.23. The van der Waals surface area contributed by atoms with E-state index in [1.54, 1.807) is 24.3 Å². The number of rotatable bonds is 6. The zero-order valence-electron chi connectivity index (χ0n) is 20.9. The standard InChI is InChI=1S/C31H32N2O3/c1-3-20-13-10-14-21(4-2)28(20)32-29(34)25-15-8-9-16-27(25)33-30(35)24-18-17-23(19-26(24)31(33)36)22-11-6-5-7-12-22/h5-16,23-24,26H,3-4,17-19H2,1-2H3,(H,32,34). The van der Waals surface area contributed by atoms with Crippen molar-refractivity contribution >= 4 is 29.1 Å². The van der Waals surface area contributed by atoms with Crippen LogP contribution in [0, 0.1) is 11.8 Å². The Bertz CT molecular complexity index is 1280. The average molecular weight is 481 g/mol. The molecule has 2 aliphatic rings. The molecule has 1 aliphatic heterocycles. The Morgan fingerprint density at radius 1 is 0.806 bits per heavy atom. The fourth-order valence-electron chi connectivity index (χ4n) is 5.89. The first-order valence-electron chi connectivity index (χ1n) is 13.0. The predicted molar refractivity (Wildman–Crippen MR) is 142 cm³/mol. The number of carbonyl (C=O) groups is 3. The molecule has 5 nitrogen and oxygen atoms in total. The van der Waals surface area contributed by atoms with Gasteiger partial charge in [-0.1, -0.05) is 74.5 Å². The monoisotopic (exact) mass is 480 g/mol. The quantitative estimate of drug-likeness (QED) is 0.431. The molecular formula is C31H32N2O3. The first kappa shape index (κ1) is 24.0. The molecule has 5 heteroatoms. The highest BCUT2D eigenvalue weighted by molar-refractivity contribution is 6.25. The smallest absolute Gasteiger partial charge is 0.257 e. The fourth-order valence-corrected chi connectivity index (χ4v) is 5.89. The van der Waals surface area contributed by atoms with E-state index in [4.69, 9.17) is 0 Å². The molecular weight excluding hydrogens is 448 g/mol. The van der Waals surface area contributed by atoms with E-state index in [9.17, 15) is 14.4 Å². The topological polar surface area (TPSA) is 66.5 Å². The van der Waals surface area contributed by atoms with Gasteiger partial charge in [-0.3, -0.25) is 14.4 Å². The zero-order valence-corrected chi connectivity index (χ0v) is 20.9. The molecule has 2 fully saturated rings. The Morgan fingerprint density at radius 2 is 1.44 bits per heavy atom. The van der Waals surface area contributed by atoms with Crippen LogP contribution in [0.4, 0.5) is 11.4 Å². The lowest BCUT2D eigenvalue weighted by Gasteiger charge is -2.28. The summed E-state index contributed by atoms with van der Waals surface area (Å²) in [6.07, 6.45) is 3.81. The van der Waals surface area contributed by atoms with Gasteiger partial charge in [0.1, 0.15) is 0 Å². The summed E-state index contributed by atoms with van der Waals surface area (Å²) in [4.78, 5) is 42.0. The van der Waals surface area contributed by atoms with Crippen molar-refractivity contribution in [3.63, 3.8) is 0 Å². The minimum absolute atomic E-state index is 0.181. The number of anilines is 2. The highest BCUT2D eigenvalue weighted by atomic mass is 16.2. The summed E-state index contributed by atoms with van der Waals surface area (Å²) in [5.41, 5.74) is 4.88. The van der Waals surface area contributed by atoms with Crippen LogP contribution in [0.1, 0.15) is 66.1 Å². The molecule has 1 saturated carbocycles. The van der Waals surface area contributed by atoms with Crippen LogP contribution in [-0.2, 0) is 22.4 Å². The number of hydrogen-bond acceptors (Lipinski definition) is 3. The van der Waals surface area contributed by atoms with Crippen molar-refractivity contribution in [3.8, 4) is 0 Å². The number of amides is 3. The van der Waals surface area contributed by atoms with E-state index in [2.05, 4.69) is 31.3 Å². The van der Waals surface area contributed by atoms with Gasteiger partial charge in [-0.15, -0.1) is 0 Å². The second kappa shape index (κ2) is 10.1. The summed E-state index contributed by atoms with van der Waals surface area (Å²) in [5.74, 6) is -1.07. The molecule has 184 valence electrons. The third-order valence-corrected chi connectivity index (χ3v) is 7.82. The lowest BCUT2D eigenvalue weighted by atomic mass is 9.73. The molecule has 3 aromatic carbocycles. The summed E-state index contributed by atoms with van der Waals surface area (Å²) in [7, 11) is 0. The summed E-state index contributed by atoms with van der Waals surface area (Å²) < 4.78 is 0. The molecule has 3 aromatic rings. The molecule has 0 aromatic heterocycles. The second-order valence-electron chi connectivity index (χ2n) is 9.78. The van der Waals surface area contributed by atoms with Gasteiger partial charge in [0.2, 0.25) is 11.8 Å². The SMILES string of the molecule is CCc1cccc(CC)c1NC(=O)c1ccccc1N1C(=O)C2CCC(c3ccccc3)CC2C1=O. The number of hydrogen-bond donors (Lipinski definition) is 1. The van der Waals surface area contributed by atoms with Crippen LogP contribution in [-0.4, -0.2) is 17.7 Å². The summed E-state index contributed by atoms with van der Waals surface area (Å²) in [5, 5.41) is 3.09. The lowest BCUT2D eigenvalue weighted by Crippen LogP contribution is -2.33. The van der Waals surface area contributed by atoms with Gasteiger partial charge in [0.25, 0.3) is 5.91 Å². The van der Waals surface area contributed by atoms with Gasteiger partial charge in [0, 0.05) is 5.69 Å². The van der Waals surface area contributed by atoms with Gasteiger partial charge in [0.15, 0.2) is 0 Å². The number of nitrogens with zero attached hydrogens (tertiary/aromatic N) is 1. The first-order valence-corrected chi connectivity index (χ1v) is 13.0. The van der Waals surface area contributed by atoms with Crippen LogP contribution in [0.25, 0.3) is 0 Å². The molecule has 3 unspecified atom stereocenters. The molecule has 0 radical (unpaired) electrons. The Labute approximate surface area is 212 Å². The molecule has 1 N–H and O–H groups in total. The zero-order chi connectivity index (χ0) is 25.2. The van der Waals surface area contributed by atoms with E-state index < -0.39 is 0 Å². The van der Waals surface area contributed by atoms with Crippen LogP contribution >= 0.6 is 0 Å². The number of fused-ring (bicyclic) bond motifs is 1. The Morgan fingerprint density at radius 3 is 2.14 bits per heavy atom. The van der Waals surface area contributed by atoms with Gasteiger partial charge in [0.05, 0.1) is 23.1 Å². The van der Waals surface area contributed by atoms with Crippen molar-refractivity contribution < 1.29 is 14.4 Å². The van der Waals surface area contributed by atoms with Crippen molar-refractivity contribution in [3.05, 3.63) is 95.1 Å². The van der Waals surface area contributed by atoms with Crippen molar-refractivity contribution in [1.29, 1.82) is 0 Å². The maximum absolute atomic E-state index is 13.6. The molecule has 3 amide bonds. The van der Waals surface area contributed by atoms with Crippen molar-refractivity contribution in [2.45, 2.75) is 51.9 Å². The second-order valence-corrected chi connectivity index (χ2v) is 9.78. The van der Waals surface area contributed by atoms with E-state index in [-0.39, 0.29) is 35.5 Å². The maximum atomic E-state index is 13.6. The Balaban J connectivity index is 1.44. The van der Waals surface area contributed by atoms with Crippen LogP contribution in [0.5, 0.6) is 0 Å². The highest BCUT2D eigenvalue weighted by Crippen LogP contribution is 2.46. The molecule has 1 aliphatic carbocycles. The molecule has 36 heavy (non-hydrogen) atoms. The third-order valence-electron chi connectivity index (χ3n) is 7.82. The summed E-state index contributed by atoms with van der Waals surface area (Å²) >= 11 is 0. The molecule has 1 saturated heterocycles. The van der Waals surface area contributed by atoms with Crippen LogP contribution in [0.15, 0.2) is 72.8 Å². The molecule has 1 heterocycles. The van der Waals surface area contributed by atoms with E-state index >= 15 is 0 Å². The maximum Gasteiger partial charge on any atom is 0.257 e. The number of para-hydroxylation sites is 2. The largest absolute Gasteiger partial charge is 0.321 e. The lowest BCUT2D eigenvalue weighted by molar-refractivity contribution is -0.122. The minimum atomic E-state index is -0.347. The predicted octanol–water partition coefficient (Wildman–Crippen LogP) is 6.14. The van der Waals surface area contributed by atoms with Gasteiger partial charge in [-0.05, 0) is 66.8 Å². The van der Waals surface area contributed by atoms with E-state index in [1.807, 2.05) is 36.4 Å². The first-order chi connectivity index (χ1) is 17.5. The average Bonchev–Trinajstić information content (AvgIpc) is 3.18. The Hall–Kier alpha value is -3.73. The van der Waals surface area contributed by atoms with Crippen LogP contribution in [0.2, 0.25) is 0 Å². The summed E-state index contributed by atoms with van der Waals surface area (Å²) in [6, 6.07) is 23.2. The van der Waals surface area contributed by atoms with Gasteiger partial charge in [-0.25, -0.2) is 4.90 Å². The molecule has 3 atom stereocenters. The van der Waals surface area contributed by atoms with Crippen molar-refractivity contribution in [2.24, 2.45) is 11.8 Å². The number of aryl methyl sites for hydroxylation is 2. The minimum Gasteiger partial charge on any atom is -0.321 e. The van der Waals surface area contributed by atoms with Crippen molar-refractivity contribution in [1.82, 2.24) is 0 Å². The number of imide groups is 1. The van der Waals surface area contributed by atoms with E-state index in [0.717, 1.165) is 36.1 Å². The molecule has 5 rings (SSSR count). The number of carbonyl (C=O) groups excluding carboxylic acids is 3. The van der Waals surface area contributed by atoms with E-state index in [0.29, 0.717) is 24.1 Å². The van der Waals surface area contributed by atoms with Crippen LogP contribution < -0.4 is 10.2 Å². The van der Waals surface area contributed by atoms with Gasteiger partial charge in [-0.2, -0.15) is 0 Å². The molecule has 0 bridgehead atoms. The molecule has 0 spiro atoms. The highest BCUT2D eigenvalue weighted by Gasteiger charge is 2.51. The number of nitrogens with one attached hydrogen (secondary N) is 1. The van der Waals surface area contributed by atoms with Crippen molar-refractivity contribution in [2.75, 3.05) is 10.2 Å². The summed E-state index contributed by atoms with van der Waals surface area (Å²) in [6.45, 7) is 4.12. The van der Waals surface area contributed by atoms with Crippen LogP contribution in [0.3, 0.4) is 0 Å². The number of benzene rings is 3. The van der Waals surface area contributed by atoms with Gasteiger partial charge >= 0.3 is 0 Å². The van der Waals surface area contributed by atoms with Gasteiger partial charge < -0.3 is 5.32 Å². The Kier molecular flexibility index (Phi) is 6.73. The van der Waals surface area contributed by atoms with E-state index in [1.165, 1.54) is 10.5 Å². The fraction of sp³-hybridized carbons (Fsp3) is 0.323.